The van der Waals surface area contributed by atoms with Gasteiger partial charge in [-0.05, 0) is 29.3 Å². The molecule has 0 atom stereocenters. The Balaban J connectivity index is 2.24. The molecule has 0 saturated carbocycles. The maximum absolute atomic E-state index is 12.1. The van der Waals surface area contributed by atoms with Crippen LogP contribution in [0, 0.1) is 6.92 Å². The molecular weight excluding hydrogens is 314 g/mol. The number of ketones is 1. The zero-order valence-corrected chi connectivity index (χ0v) is 12.9. The highest BCUT2D eigenvalue weighted by atomic mass is 79.9. The first kappa shape index (κ1) is 13.4. The standard InChI is InChI=1S/C12H14BrN3OS/c1-4-8-12(13)10(16(3)15-8)5-11(17)9-6-18-7(2)14-9/h6H,4-5H2,1-3H3. The number of Topliss-reactive ketones (excluding diaryl/α,β-unsaturated/α-hetero) is 1. The summed E-state index contributed by atoms with van der Waals surface area (Å²) in [6.45, 7) is 3.94. The number of aryl methyl sites for hydroxylation is 3. The molecule has 2 aromatic rings. The lowest BCUT2D eigenvalue weighted by Crippen LogP contribution is -2.08. The number of thiazole rings is 1. The zero-order chi connectivity index (χ0) is 13.3. The Morgan fingerprint density at radius 3 is 2.78 bits per heavy atom. The fourth-order valence-electron chi connectivity index (χ4n) is 1.75. The second kappa shape index (κ2) is 5.32. The maximum atomic E-state index is 12.1. The monoisotopic (exact) mass is 327 g/mol. The minimum Gasteiger partial charge on any atom is -0.292 e. The lowest BCUT2D eigenvalue weighted by atomic mass is 10.1. The molecule has 4 nitrogen and oxygen atoms in total. The Hall–Kier alpha value is -1.01. The third kappa shape index (κ3) is 2.54. The number of hydrogen-bond acceptors (Lipinski definition) is 4. The second-order valence-electron chi connectivity index (χ2n) is 4.04. The predicted octanol–water partition coefficient (Wildman–Crippen LogP) is 2.94. The van der Waals surface area contributed by atoms with E-state index in [1.807, 2.05) is 26.3 Å². The van der Waals surface area contributed by atoms with E-state index in [0.717, 1.165) is 27.3 Å². The molecule has 0 radical (unpaired) electrons. The summed E-state index contributed by atoms with van der Waals surface area (Å²) in [5.74, 6) is 0.0331. The smallest absolute Gasteiger partial charge is 0.188 e. The summed E-state index contributed by atoms with van der Waals surface area (Å²) < 4.78 is 2.70. The molecule has 2 rings (SSSR count). The van der Waals surface area contributed by atoms with Crippen LogP contribution in [0.1, 0.15) is 33.8 Å². The Morgan fingerprint density at radius 1 is 1.56 bits per heavy atom. The van der Waals surface area contributed by atoms with Crippen molar-refractivity contribution in [2.75, 3.05) is 0 Å². The van der Waals surface area contributed by atoms with Gasteiger partial charge in [0.2, 0.25) is 0 Å². The van der Waals surface area contributed by atoms with Crippen molar-refractivity contribution in [2.24, 2.45) is 7.05 Å². The van der Waals surface area contributed by atoms with Crippen LogP contribution >= 0.6 is 27.3 Å². The number of aromatic nitrogens is 3. The molecule has 0 saturated heterocycles. The van der Waals surface area contributed by atoms with E-state index >= 15 is 0 Å². The van der Waals surface area contributed by atoms with Crippen LogP contribution in [0.4, 0.5) is 0 Å². The van der Waals surface area contributed by atoms with E-state index in [0.29, 0.717) is 12.1 Å². The quantitative estimate of drug-likeness (QED) is 0.811. The summed E-state index contributed by atoms with van der Waals surface area (Å²) in [5.41, 5.74) is 2.43. The van der Waals surface area contributed by atoms with Gasteiger partial charge in [-0.25, -0.2) is 4.98 Å². The normalized spacial score (nSPS) is 10.9. The number of nitrogens with zero attached hydrogens (tertiary/aromatic N) is 3. The lowest BCUT2D eigenvalue weighted by Gasteiger charge is -2.00. The number of hydrogen-bond donors (Lipinski definition) is 0. The molecule has 6 heteroatoms. The van der Waals surface area contributed by atoms with Crippen LogP contribution in [-0.4, -0.2) is 20.5 Å². The van der Waals surface area contributed by atoms with Crippen molar-refractivity contribution in [1.29, 1.82) is 0 Å². The Morgan fingerprint density at radius 2 is 2.28 bits per heavy atom. The van der Waals surface area contributed by atoms with Crippen LogP contribution in [0.3, 0.4) is 0 Å². The minimum absolute atomic E-state index is 0.0331. The van der Waals surface area contributed by atoms with Gasteiger partial charge in [0.1, 0.15) is 5.69 Å². The van der Waals surface area contributed by atoms with Crippen LogP contribution in [0.5, 0.6) is 0 Å². The van der Waals surface area contributed by atoms with Crippen molar-refractivity contribution in [3.05, 3.63) is 31.9 Å². The first-order valence-corrected chi connectivity index (χ1v) is 7.35. The molecule has 96 valence electrons. The molecule has 2 heterocycles. The molecule has 0 fully saturated rings. The molecule has 18 heavy (non-hydrogen) atoms. The Bertz CT molecular complexity index is 588. The van der Waals surface area contributed by atoms with Crippen molar-refractivity contribution in [2.45, 2.75) is 26.7 Å². The molecule has 0 bridgehead atoms. The van der Waals surface area contributed by atoms with Crippen molar-refractivity contribution in [3.63, 3.8) is 0 Å². The predicted molar refractivity (Wildman–Crippen MR) is 75.2 cm³/mol. The third-order valence-corrected chi connectivity index (χ3v) is 4.42. The molecule has 0 unspecified atom stereocenters. The van der Waals surface area contributed by atoms with Gasteiger partial charge in [0, 0.05) is 12.4 Å². The number of carbonyl (C=O) groups is 1. The summed E-state index contributed by atoms with van der Waals surface area (Å²) in [6, 6.07) is 0. The third-order valence-electron chi connectivity index (χ3n) is 2.74. The molecule has 0 aliphatic carbocycles. The Labute approximate surface area is 118 Å². The fraction of sp³-hybridized carbons (Fsp3) is 0.417. The highest BCUT2D eigenvalue weighted by Gasteiger charge is 2.18. The van der Waals surface area contributed by atoms with Gasteiger partial charge in [-0.1, -0.05) is 6.92 Å². The first-order valence-electron chi connectivity index (χ1n) is 5.68. The van der Waals surface area contributed by atoms with Crippen LogP contribution in [0.15, 0.2) is 9.85 Å². The Kier molecular flexibility index (Phi) is 3.97. The van der Waals surface area contributed by atoms with E-state index < -0.39 is 0 Å². The van der Waals surface area contributed by atoms with E-state index in [1.165, 1.54) is 11.3 Å². The van der Waals surface area contributed by atoms with Gasteiger partial charge in [0.15, 0.2) is 5.78 Å². The van der Waals surface area contributed by atoms with Crippen molar-refractivity contribution in [1.82, 2.24) is 14.8 Å². The largest absolute Gasteiger partial charge is 0.292 e. The highest BCUT2D eigenvalue weighted by molar-refractivity contribution is 9.10. The van der Waals surface area contributed by atoms with Crippen molar-refractivity contribution >= 4 is 33.0 Å². The van der Waals surface area contributed by atoms with E-state index in [9.17, 15) is 4.79 Å². The molecular formula is C12H14BrN3OS. The summed E-state index contributed by atoms with van der Waals surface area (Å²) >= 11 is 5.01. The first-order chi connectivity index (χ1) is 8.52. The SMILES string of the molecule is CCc1nn(C)c(CC(=O)c2csc(C)n2)c1Br. The van der Waals surface area contributed by atoms with Gasteiger partial charge in [-0.15, -0.1) is 11.3 Å². The number of rotatable bonds is 4. The highest BCUT2D eigenvalue weighted by Crippen LogP contribution is 2.23. The van der Waals surface area contributed by atoms with Crippen LogP contribution < -0.4 is 0 Å². The van der Waals surface area contributed by atoms with Gasteiger partial charge in [-0.2, -0.15) is 5.10 Å². The van der Waals surface area contributed by atoms with Crippen LogP contribution in [0.25, 0.3) is 0 Å². The minimum atomic E-state index is 0.0331. The number of carbonyl (C=O) groups excluding carboxylic acids is 1. The van der Waals surface area contributed by atoms with E-state index in [4.69, 9.17) is 0 Å². The van der Waals surface area contributed by atoms with Crippen molar-refractivity contribution in [3.8, 4) is 0 Å². The molecule has 0 aromatic carbocycles. The molecule has 0 aliphatic rings. The zero-order valence-electron chi connectivity index (χ0n) is 10.5. The summed E-state index contributed by atoms with van der Waals surface area (Å²) in [6.07, 6.45) is 1.17. The molecule has 0 amide bonds. The van der Waals surface area contributed by atoms with Crippen molar-refractivity contribution < 1.29 is 4.79 Å². The van der Waals surface area contributed by atoms with Crippen LogP contribution in [0.2, 0.25) is 0 Å². The van der Waals surface area contributed by atoms with Gasteiger partial charge in [0.05, 0.1) is 27.3 Å². The number of halogens is 1. The fourth-order valence-corrected chi connectivity index (χ4v) is 3.12. The summed E-state index contributed by atoms with van der Waals surface area (Å²) in [7, 11) is 1.86. The lowest BCUT2D eigenvalue weighted by molar-refractivity contribution is 0.0986. The maximum Gasteiger partial charge on any atom is 0.188 e. The summed E-state index contributed by atoms with van der Waals surface area (Å²) in [4.78, 5) is 16.3. The van der Waals surface area contributed by atoms with E-state index in [-0.39, 0.29) is 5.78 Å². The molecule has 0 spiro atoms. The topological polar surface area (TPSA) is 47.8 Å². The average Bonchev–Trinajstić information content (AvgIpc) is 2.87. The van der Waals surface area contributed by atoms with Gasteiger partial charge >= 0.3 is 0 Å². The molecule has 2 aromatic heterocycles. The second-order valence-corrected chi connectivity index (χ2v) is 5.89. The summed E-state index contributed by atoms with van der Waals surface area (Å²) in [5, 5.41) is 7.10. The molecule has 0 aliphatic heterocycles. The van der Waals surface area contributed by atoms with Crippen LogP contribution in [-0.2, 0) is 19.9 Å². The van der Waals surface area contributed by atoms with E-state index in [1.54, 1.807) is 4.68 Å². The molecule has 0 N–H and O–H groups in total. The van der Waals surface area contributed by atoms with Gasteiger partial charge in [0.25, 0.3) is 0 Å². The average molecular weight is 328 g/mol. The van der Waals surface area contributed by atoms with Gasteiger partial charge < -0.3 is 0 Å². The van der Waals surface area contributed by atoms with E-state index in [2.05, 4.69) is 26.0 Å². The van der Waals surface area contributed by atoms with Gasteiger partial charge in [-0.3, -0.25) is 9.48 Å².